The summed E-state index contributed by atoms with van der Waals surface area (Å²) in [6.07, 6.45) is 2.13. The molecule has 1 heterocycles. The number of piperidine rings is 1. The van der Waals surface area contributed by atoms with Gasteiger partial charge in [-0.3, -0.25) is 4.79 Å². The highest BCUT2D eigenvalue weighted by Crippen LogP contribution is 2.19. The zero-order valence-corrected chi connectivity index (χ0v) is 11.4. The van der Waals surface area contributed by atoms with Crippen LogP contribution >= 0.6 is 0 Å². The van der Waals surface area contributed by atoms with E-state index in [1.165, 1.54) is 0 Å². The number of hydrogen-bond donors (Lipinski definition) is 2. The standard InChI is InChI=1S/C15H22N2O2/c1-2-16-11-12-7-9-17(10-8-12)15(19)13-3-5-14(18)6-4-13/h3-6,12,16,18H,2,7-11H2,1H3. The molecule has 0 unspecified atom stereocenters. The molecule has 1 aromatic rings. The number of rotatable bonds is 4. The van der Waals surface area contributed by atoms with E-state index in [9.17, 15) is 9.90 Å². The number of nitrogens with one attached hydrogen (secondary N) is 1. The van der Waals surface area contributed by atoms with Gasteiger partial charge in [0.05, 0.1) is 0 Å². The molecule has 19 heavy (non-hydrogen) atoms. The predicted octanol–water partition coefficient (Wildman–Crippen LogP) is 1.85. The van der Waals surface area contributed by atoms with E-state index in [1.54, 1.807) is 24.3 Å². The molecule has 1 saturated heterocycles. The van der Waals surface area contributed by atoms with Crippen molar-refractivity contribution in [3.8, 4) is 5.75 Å². The largest absolute Gasteiger partial charge is 0.508 e. The van der Waals surface area contributed by atoms with E-state index in [0.29, 0.717) is 11.5 Å². The zero-order chi connectivity index (χ0) is 13.7. The summed E-state index contributed by atoms with van der Waals surface area (Å²) in [6, 6.07) is 6.49. The lowest BCUT2D eigenvalue weighted by Gasteiger charge is -2.32. The number of carbonyl (C=O) groups is 1. The molecule has 1 aliphatic heterocycles. The first-order valence-electron chi connectivity index (χ1n) is 6.99. The summed E-state index contributed by atoms with van der Waals surface area (Å²) in [6.45, 7) is 5.83. The van der Waals surface area contributed by atoms with Gasteiger partial charge in [0.2, 0.25) is 0 Å². The average Bonchev–Trinajstić information content (AvgIpc) is 2.46. The Morgan fingerprint density at radius 3 is 2.53 bits per heavy atom. The monoisotopic (exact) mass is 262 g/mol. The summed E-state index contributed by atoms with van der Waals surface area (Å²) in [4.78, 5) is 14.2. The third kappa shape index (κ3) is 3.70. The predicted molar refractivity (Wildman–Crippen MR) is 75.3 cm³/mol. The highest BCUT2D eigenvalue weighted by molar-refractivity contribution is 5.94. The molecule has 0 bridgehead atoms. The van der Waals surface area contributed by atoms with Crippen LogP contribution in [0.2, 0.25) is 0 Å². The topological polar surface area (TPSA) is 52.6 Å². The van der Waals surface area contributed by atoms with E-state index >= 15 is 0 Å². The third-order valence-corrected chi connectivity index (χ3v) is 3.70. The van der Waals surface area contributed by atoms with Gasteiger partial charge in [0.15, 0.2) is 0 Å². The van der Waals surface area contributed by atoms with Gasteiger partial charge in [0.25, 0.3) is 5.91 Å². The maximum atomic E-state index is 12.3. The second-order valence-electron chi connectivity index (χ2n) is 5.09. The van der Waals surface area contributed by atoms with Crippen molar-refractivity contribution in [2.45, 2.75) is 19.8 Å². The van der Waals surface area contributed by atoms with Crippen LogP contribution in [0.3, 0.4) is 0 Å². The van der Waals surface area contributed by atoms with Gasteiger partial charge in [-0.05, 0) is 56.1 Å². The second kappa shape index (κ2) is 6.57. The number of amides is 1. The molecular weight excluding hydrogens is 240 g/mol. The number of benzene rings is 1. The molecule has 0 aromatic heterocycles. The highest BCUT2D eigenvalue weighted by Gasteiger charge is 2.23. The van der Waals surface area contributed by atoms with Gasteiger partial charge in [-0.1, -0.05) is 6.92 Å². The number of nitrogens with zero attached hydrogens (tertiary/aromatic N) is 1. The van der Waals surface area contributed by atoms with Crippen molar-refractivity contribution >= 4 is 5.91 Å². The summed E-state index contributed by atoms with van der Waals surface area (Å²) in [5.41, 5.74) is 0.655. The molecule has 0 atom stereocenters. The van der Waals surface area contributed by atoms with Crippen LogP contribution < -0.4 is 5.32 Å². The third-order valence-electron chi connectivity index (χ3n) is 3.70. The van der Waals surface area contributed by atoms with E-state index in [1.807, 2.05) is 4.90 Å². The van der Waals surface area contributed by atoms with Gasteiger partial charge in [0, 0.05) is 18.7 Å². The summed E-state index contributed by atoms with van der Waals surface area (Å²) in [5, 5.41) is 12.6. The molecule has 4 heteroatoms. The van der Waals surface area contributed by atoms with Crippen LogP contribution in [0, 0.1) is 5.92 Å². The molecule has 0 aliphatic carbocycles. The lowest BCUT2D eigenvalue weighted by Crippen LogP contribution is -2.40. The first-order valence-corrected chi connectivity index (χ1v) is 6.99. The summed E-state index contributed by atoms with van der Waals surface area (Å²) >= 11 is 0. The van der Waals surface area contributed by atoms with Gasteiger partial charge in [-0.25, -0.2) is 0 Å². The normalized spacial score (nSPS) is 16.6. The molecule has 1 aliphatic rings. The van der Waals surface area contributed by atoms with Crippen LogP contribution in [-0.4, -0.2) is 42.1 Å². The Morgan fingerprint density at radius 2 is 1.95 bits per heavy atom. The van der Waals surface area contributed by atoms with Crippen molar-refractivity contribution in [3.63, 3.8) is 0 Å². The van der Waals surface area contributed by atoms with E-state index in [4.69, 9.17) is 0 Å². The van der Waals surface area contributed by atoms with Crippen LogP contribution in [0.5, 0.6) is 5.75 Å². The molecule has 104 valence electrons. The molecule has 2 N–H and O–H groups in total. The Morgan fingerprint density at radius 1 is 1.32 bits per heavy atom. The van der Waals surface area contributed by atoms with Crippen molar-refractivity contribution in [3.05, 3.63) is 29.8 Å². The van der Waals surface area contributed by atoms with Crippen LogP contribution in [-0.2, 0) is 0 Å². The minimum Gasteiger partial charge on any atom is -0.508 e. The Bertz CT molecular complexity index is 409. The summed E-state index contributed by atoms with van der Waals surface area (Å²) in [5.74, 6) is 0.951. The van der Waals surface area contributed by atoms with E-state index < -0.39 is 0 Å². The average molecular weight is 262 g/mol. The Balaban J connectivity index is 1.87. The SMILES string of the molecule is CCNCC1CCN(C(=O)c2ccc(O)cc2)CC1. The van der Waals surface area contributed by atoms with Crippen molar-refractivity contribution in [1.82, 2.24) is 10.2 Å². The van der Waals surface area contributed by atoms with Crippen molar-refractivity contribution in [1.29, 1.82) is 0 Å². The van der Waals surface area contributed by atoms with Crippen LogP contribution in [0.15, 0.2) is 24.3 Å². The smallest absolute Gasteiger partial charge is 0.253 e. The fourth-order valence-corrected chi connectivity index (χ4v) is 2.48. The Kier molecular flexibility index (Phi) is 4.80. The second-order valence-corrected chi connectivity index (χ2v) is 5.09. The molecule has 0 radical (unpaired) electrons. The number of likely N-dealkylation sites (tertiary alicyclic amines) is 1. The number of hydrogen-bond acceptors (Lipinski definition) is 3. The summed E-state index contributed by atoms with van der Waals surface area (Å²) < 4.78 is 0. The molecule has 0 saturated carbocycles. The molecule has 2 rings (SSSR count). The van der Waals surface area contributed by atoms with Crippen LogP contribution in [0.1, 0.15) is 30.1 Å². The Hall–Kier alpha value is -1.55. The highest BCUT2D eigenvalue weighted by atomic mass is 16.3. The zero-order valence-electron chi connectivity index (χ0n) is 11.4. The lowest BCUT2D eigenvalue weighted by atomic mass is 9.96. The van der Waals surface area contributed by atoms with Gasteiger partial charge < -0.3 is 15.3 Å². The molecule has 1 fully saturated rings. The minimum absolute atomic E-state index is 0.0712. The van der Waals surface area contributed by atoms with Crippen molar-refractivity contribution in [2.75, 3.05) is 26.2 Å². The van der Waals surface area contributed by atoms with Crippen molar-refractivity contribution < 1.29 is 9.90 Å². The molecule has 1 amide bonds. The Labute approximate surface area is 114 Å². The maximum Gasteiger partial charge on any atom is 0.253 e. The van der Waals surface area contributed by atoms with E-state index in [0.717, 1.165) is 39.0 Å². The fraction of sp³-hybridized carbons (Fsp3) is 0.533. The maximum absolute atomic E-state index is 12.3. The minimum atomic E-state index is 0.0712. The van der Waals surface area contributed by atoms with Gasteiger partial charge in [0.1, 0.15) is 5.75 Å². The van der Waals surface area contributed by atoms with Gasteiger partial charge >= 0.3 is 0 Å². The van der Waals surface area contributed by atoms with Crippen LogP contribution in [0.25, 0.3) is 0 Å². The number of aromatic hydroxyl groups is 1. The fourth-order valence-electron chi connectivity index (χ4n) is 2.48. The molecular formula is C15H22N2O2. The van der Waals surface area contributed by atoms with Crippen LogP contribution in [0.4, 0.5) is 0 Å². The quantitative estimate of drug-likeness (QED) is 0.870. The first kappa shape index (κ1) is 13.9. The number of carbonyl (C=O) groups excluding carboxylic acids is 1. The lowest BCUT2D eigenvalue weighted by molar-refractivity contribution is 0.0690. The van der Waals surface area contributed by atoms with E-state index in [-0.39, 0.29) is 11.7 Å². The van der Waals surface area contributed by atoms with Gasteiger partial charge in [-0.2, -0.15) is 0 Å². The molecule has 0 spiro atoms. The first-order chi connectivity index (χ1) is 9.20. The number of phenols is 1. The number of phenolic OH excluding ortho intramolecular Hbond substituents is 1. The molecule has 4 nitrogen and oxygen atoms in total. The van der Waals surface area contributed by atoms with Gasteiger partial charge in [-0.15, -0.1) is 0 Å². The summed E-state index contributed by atoms with van der Waals surface area (Å²) in [7, 11) is 0. The molecule has 1 aromatic carbocycles. The van der Waals surface area contributed by atoms with E-state index in [2.05, 4.69) is 12.2 Å². The van der Waals surface area contributed by atoms with Crippen molar-refractivity contribution in [2.24, 2.45) is 5.92 Å².